The molecule has 98 valence electrons. The third-order valence-electron chi connectivity index (χ3n) is 2.85. The Balaban J connectivity index is 2.15. The number of fused-ring (bicyclic) bond motifs is 1. The van der Waals surface area contributed by atoms with Crippen LogP contribution in [0.5, 0.6) is 0 Å². The van der Waals surface area contributed by atoms with Crippen LogP contribution in [0, 0.1) is 0 Å². The molecule has 0 N–H and O–H groups in total. The number of alkyl halides is 1. The standard InChI is InChI=1S/C13H9BrCl2N2S/c14-8-4-9(19-7-8)6-18-12(5-15)17-11-3-1-2-10(16)13(11)18/h1-4,7H,5-6H2. The number of hydrogen-bond donors (Lipinski definition) is 0. The van der Waals surface area contributed by atoms with Crippen LogP contribution in [0.2, 0.25) is 5.02 Å². The van der Waals surface area contributed by atoms with Gasteiger partial charge in [-0.1, -0.05) is 17.7 Å². The van der Waals surface area contributed by atoms with Gasteiger partial charge >= 0.3 is 0 Å². The molecule has 0 saturated heterocycles. The lowest BCUT2D eigenvalue weighted by Crippen LogP contribution is -2.02. The molecule has 0 spiro atoms. The van der Waals surface area contributed by atoms with Gasteiger partial charge in [-0.05, 0) is 34.1 Å². The van der Waals surface area contributed by atoms with E-state index in [1.54, 1.807) is 11.3 Å². The quantitative estimate of drug-likeness (QED) is 0.568. The minimum atomic E-state index is 0.373. The zero-order chi connectivity index (χ0) is 13.4. The lowest BCUT2D eigenvalue weighted by Gasteiger charge is -2.06. The maximum atomic E-state index is 6.29. The van der Waals surface area contributed by atoms with Crippen molar-refractivity contribution in [1.82, 2.24) is 9.55 Å². The minimum Gasteiger partial charge on any atom is -0.320 e. The molecule has 0 aliphatic heterocycles. The smallest absolute Gasteiger partial charge is 0.125 e. The first-order valence-electron chi connectivity index (χ1n) is 5.61. The predicted molar refractivity (Wildman–Crippen MR) is 85.4 cm³/mol. The first-order valence-corrected chi connectivity index (χ1v) is 8.20. The molecule has 0 unspecified atom stereocenters. The predicted octanol–water partition coefficient (Wildman–Crippen LogP) is 5.30. The van der Waals surface area contributed by atoms with Crippen LogP contribution in [0.15, 0.2) is 34.1 Å². The molecular weight excluding hydrogens is 367 g/mol. The van der Waals surface area contributed by atoms with Crippen LogP contribution in [0.4, 0.5) is 0 Å². The Labute approximate surface area is 133 Å². The van der Waals surface area contributed by atoms with Gasteiger partial charge in [-0.3, -0.25) is 0 Å². The summed E-state index contributed by atoms with van der Waals surface area (Å²) in [5.74, 6) is 1.21. The third-order valence-corrected chi connectivity index (χ3v) is 5.08. The van der Waals surface area contributed by atoms with Crippen molar-refractivity contribution >= 4 is 61.5 Å². The van der Waals surface area contributed by atoms with Crippen molar-refractivity contribution in [3.63, 3.8) is 0 Å². The Kier molecular flexibility index (Phi) is 3.85. The van der Waals surface area contributed by atoms with Gasteiger partial charge in [0.05, 0.1) is 28.5 Å². The molecule has 3 aromatic rings. The number of nitrogens with zero attached hydrogens (tertiary/aromatic N) is 2. The molecule has 19 heavy (non-hydrogen) atoms. The van der Waals surface area contributed by atoms with Crippen molar-refractivity contribution < 1.29 is 0 Å². The second-order valence-electron chi connectivity index (χ2n) is 4.09. The van der Waals surface area contributed by atoms with Crippen LogP contribution in [-0.2, 0) is 12.4 Å². The molecule has 0 aliphatic rings. The fraction of sp³-hybridized carbons (Fsp3) is 0.154. The maximum Gasteiger partial charge on any atom is 0.125 e. The summed E-state index contributed by atoms with van der Waals surface area (Å²) < 4.78 is 3.18. The van der Waals surface area contributed by atoms with E-state index >= 15 is 0 Å². The first kappa shape index (κ1) is 13.4. The molecule has 2 aromatic heterocycles. The second kappa shape index (κ2) is 5.44. The zero-order valence-electron chi connectivity index (χ0n) is 9.74. The molecule has 0 aliphatic carbocycles. The second-order valence-corrected chi connectivity index (χ2v) is 6.67. The van der Waals surface area contributed by atoms with Gasteiger partial charge in [0.15, 0.2) is 0 Å². The number of aromatic nitrogens is 2. The largest absolute Gasteiger partial charge is 0.320 e. The normalized spacial score (nSPS) is 11.3. The highest BCUT2D eigenvalue weighted by Gasteiger charge is 2.13. The van der Waals surface area contributed by atoms with Gasteiger partial charge in [0.2, 0.25) is 0 Å². The van der Waals surface area contributed by atoms with Crippen molar-refractivity contribution in [3.8, 4) is 0 Å². The van der Waals surface area contributed by atoms with Crippen molar-refractivity contribution in [2.75, 3.05) is 0 Å². The fourth-order valence-electron chi connectivity index (χ4n) is 2.05. The SMILES string of the molecule is ClCc1nc2cccc(Cl)c2n1Cc1cc(Br)cs1. The van der Waals surface area contributed by atoms with Gasteiger partial charge in [-0.25, -0.2) is 4.98 Å². The van der Waals surface area contributed by atoms with Crippen LogP contribution < -0.4 is 0 Å². The van der Waals surface area contributed by atoms with Crippen molar-refractivity contribution in [2.45, 2.75) is 12.4 Å². The lowest BCUT2D eigenvalue weighted by atomic mass is 10.3. The Bertz CT molecular complexity index is 735. The Morgan fingerprint density at radius 1 is 1.37 bits per heavy atom. The lowest BCUT2D eigenvalue weighted by molar-refractivity contribution is 0.789. The molecule has 2 nitrogen and oxygen atoms in total. The van der Waals surface area contributed by atoms with Crippen LogP contribution >= 0.6 is 50.5 Å². The van der Waals surface area contributed by atoms with Crippen molar-refractivity contribution in [1.29, 1.82) is 0 Å². The van der Waals surface area contributed by atoms with Gasteiger partial charge in [-0.15, -0.1) is 22.9 Å². The number of rotatable bonds is 3. The van der Waals surface area contributed by atoms with E-state index in [0.29, 0.717) is 10.9 Å². The molecule has 0 fully saturated rings. The zero-order valence-corrected chi connectivity index (χ0v) is 13.7. The number of halogens is 3. The average molecular weight is 376 g/mol. The summed E-state index contributed by atoms with van der Waals surface area (Å²) in [4.78, 5) is 5.77. The average Bonchev–Trinajstić information content (AvgIpc) is 2.95. The molecular formula is C13H9BrCl2N2S. The molecule has 0 saturated carbocycles. The van der Waals surface area contributed by atoms with E-state index in [-0.39, 0.29) is 0 Å². The summed E-state index contributed by atoms with van der Waals surface area (Å²) in [6.45, 7) is 0.735. The van der Waals surface area contributed by atoms with Crippen molar-refractivity contribution in [2.24, 2.45) is 0 Å². The first-order chi connectivity index (χ1) is 9.19. The highest BCUT2D eigenvalue weighted by atomic mass is 79.9. The molecule has 0 radical (unpaired) electrons. The highest BCUT2D eigenvalue weighted by molar-refractivity contribution is 9.10. The minimum absolute atomic E-state index is 0.373. The van der Waals surface area contributed by atoms with E-state index in [0.717, 1.165) is 27.9 Å². The number of thiophene rings is 1. The Hall–Kier alpha value is -0.550. The topological polar surface area (TPSA) is 17.8 Å². The summed E-state index contributed by atoms with van der Waals surface area (Å²) in [5.41, 5.74) is 1.84. The van der Waals surface area contributed by atoms with Gasteiger partial charge in [0, 0.05) is 14.7 Å². The summed E-state index contributed by atoms with van der Waals surface area (Å²) in [7, 11) is 0. The van der Waals surface area contributed by atoms with Gasteiger partial charge in [0.1, 0.15) is 5.82 Å². The number of benzene rings is 1. The van der Waals surface area contributed by atoms with Crippen LogP contribution in [0.25, 0.3) is 11.0 Å². The number of imidazole rings is 1. The van der Waals surface area contributed by atoms with Gasteiger partial charge < -0.3 is 4.57 Å². The third kappa shape index (κ3) is 2.55. The van der Waals surface area contributed by atoms with Crippen molar-refractivity contribution in [3.05, 3.63) is 49.8 Å². The molecule has 0 bridgehead atoms. The monoisotopic (exact) mass is 374 g/mol. The van der Waals surface area contributed by atoms with E-state index in [2.05, 4.69) is 36.9 Å². The summed E-state index contributed by atoms with van der Waals surface area (Å²) in [6, 6.07) is 7.84. The van der Waals surface area contributed by atoms with E-state index in [1.807, 2.05) is 18.2 Å². The molecule has 3 rings (SSSR count). The van der Waals surface area contributed by atoms with E-state index in [9.17, 15) is 0 Å². The van der Waals surface area contributed by atoms with E-state index in [1.165, 1.54) is 4.88 Å². The molecule has 0 amide bonds. The van der Waals surface area contributed by atoms with E-state index in [4.69, 9.17) is 23.2 Å². The summed E-state index contributed by atoms with van der Waals surface area (Å²) in [6.07, 6.45) is 0. The molecule has 6 heteroatoms. The van der Waals surface area contributed by atoms with Gasteiger partial charge in [-0.2, -0.15) is 0 Å². The van der Waals surface area contributed by atoms with Crippen LogP contribution in [0.3, 0.4) is 0 Å². The Morgan fingerprint density at radius 2 is 2.21 bits per heavy atom. The van der Waals surface area contributed by atoms with Crippen LogP contribution in [0.1, 0.15) is 10.7 Å². The Morgan fingerprint density at radius 3 is 2.89 bits per heavy atom. The fourth-order valence-corrected chi connectivity index (χ4v) is 3.97. The van der Waals surface area contributed by atoms with Gasteiger partial charge in [0.25, 0.3) is 0 Å². The highest BCUT2D eigenvalue weighted by Crippen LogP contribution is 2.28. The number of para-hydroxylation sites is 1. The van der Waals surface area contributed by atoms with Crippen LogP contribution in [-0.4, -0.2) is 9.55 Å². The van der Waals surface area contributed by atoms with E-state index < -0.39 is 0 Å². The molecule has 0 atom stereocenters. The molecule has 1 aromatic carbocycles. The number of hydrogen-bond acceptors (Lipinski definition) is 2. The summed E-state index contributed by atoms with van der Waals surface area (Å²) in [5, 5.41) is 2.77. The molecule has 2 heterocycles. The maximum absolute atomic E-state index is 6.29. The summed E-state index contributed by atoms with van der Waals surface area (Å²) >= 11 is 17.5.